The summed E-state index contributed by atoms with van der Waals surface area (Å²) in [5, 5.41) is 9.33. The van der Waals surface area contributed by atoms with Crippen LogP contribution in [0.4, 0.5) is 0 Å². The first kappa shape index (κ1) is 14.3. The number of hydrogen-bond acceptors (Lipinski definition) is 4. The van der Waals surface area contributed by atoms with Gasteiger partial charge in [-0.25, -0.2) is 8.42 Å². The lowest BCUT2D eigenvalue weighted by Crippen LogP contribution is -2.40. The van der Waals surface area contributed by atoms with E-state index in [-0.39, 0.29) is 10.8 Å². The predicted molar refractivity (Wildman–Crippen MR) is 71.6 cm³/mol. The normalized spacial score (nSPS) is 21.3. The average Bonchev–Trinajstić information content (AvgIpc) is 2.87. The lowest BCUT2D eigenvalue weighted by atomic mass is 10.2. The molecule has 1 aromatic rings. The van der Waals surface area contributed by atoms with Crippen molar-refractivity contribution in [2.75, 3.05) is 6.54 Å². The molecule has 1 N–H and O–H groups in total. The van der Waals surface area contributed by atoms with Gasteiger partial charge >= 0.3 is 5.97 Å². The van der Waals surface area contributed by atoms with Crippen LogP contribution >= 0.6 is 38.9 Å². The minimum absolute atomic E-state index is 0.0625. The van der Waals surface area contributed by atoms with E-state index >= 15 is 0 Å². The number of rotatable bonds is 3. The molecule has 0 aliphatic carbocycles. The van der Waals surface area contributed by atoms with Gasteiger partial charge in [0, 0.05) is 6.54 Å². The molecule has 1 aliphatic rings. The summed E-state index contributed by atoms with van der Waals surface area (Å²) in [6.45, 7) is 0.229. The summed E-state index contributed by atoms with van der Waals surface area (Å²) in [5.41, 5.74) is 0. The number of hydrogen-bond donors (Lipinski definition) is 1. The molecule has 0 amide bonds. The highest BCUT2D eigenvalue weighted by molar-refractivity contribution is 9.11. The molecule has 5 nitrogen and oxygen atoms in total. The first-order chi connectivity index (χ1) is 8.34. The third-order valence-electron chi connectivity index (χ3n) is 2.67. The van der Waals surface area contributed by atoms with E-state index in [0.29, 0.717) is 21.7 Å². The fourth-order valence-electron chi connectivity index (χ4n) is 1.84. The summed E-state index contributed by atoms with van der Waals surface area (Å²) in [6, 6.07) is 0.359. The Morgan fingerprint density at radius 3 is 2.78 bits per heavy atom. The maximum absolute atomic E-state index is 12.3. The Morgan fingerprint density at radius 1 is 1.61 bits per heavy atom. The van der Waals surface area contributed by atoms with Gasteiger partial charge in [-0.15, -0.1) is 11.3 Å². The van der Waals surface area contributed by atoms with Gasteiger partial charge in [-0.1, -0.05) is 11.6 Å². The van der Waals surface area contributed by atoms with Crippen LogP contribution in [0.5, 0.6) is 0 Å². The molecule has 1 aromatic heterocycles. The molecule has 100 valence electrons. The van der Waals surface area contributed by atoms with Gasteiger partial charge in [-0.05, 0) is 34.8 Å². The molecule has 18 heavy (non-hydrogen) atoms. The number of nitrogens with zero attached hydrogens (tertiary/aromatic N) is 1. The minimum atomic E-state index is -3.78. The summed E-state index contributed by atoms with van der Waals surface area (Å²) in [5.74, 6) is -1.11. The quantitative estimate of drug-likeness (QED) is 0.881. The van der Waals surface area contributed by atoms with E-state index in [1.54, 1.807) is 0 Å². The van der Waals surface area contributed by atoms with Crippen LogP contribution < -0.4 is 0 Å². The molecule has 1 saturated heterocycles. The molecule has 1 fully saturated rings. The van der Waals surface area contributed by atoms with Crippen molar-refractivity contribution < 1.29 is 18.3 Å². The second-order valence-corrected chi connectivity index (χ2v) is 8.69. The number of sulfonamides is 1. The van der Waals surface area contributed by atoms with Crippen molar-refractivity contribution in [3.63, 3.8) is 0 Å². The third-order valence-corrected chi connectivity index (χ3v) is 7.51. The predicted octanol–water partition coefficient (Wildman–Crippen LogP) is 2.40. The molecule has 2 rings (SSSR count). The Hall–Kier alpha value is -0.150. The Labute approximate surface area is 122 Å². The van der Waals surface area contributed by atoms with Crippen LogP contribution in [-0.4, -0.2) is 36.4 Å². The van der Waals surface area contributed by atoms with Gasteiger partial charge < -0.3 is 5.11 Å². The molecule has 1 atom stereocenters. The number of halogens is 2. The minimum Gasteiger partial charge on any atom is -0.480 e. The van der Waals surface area contributed by atoms with Gasteiger partial charge in [0.15, 0.2) is 0 Å². The SMILES string of the molecule is O=C(O)[C@H]1CCCN1S(=O)(=O)c1cc(Cl)c(Br)s1. The van der Waals surface area contributed by atoms with E-state index in [0.717, 1.165) is 15.6 Å². The smallest absolute Gasteiger partial charge is 0.322 e. The van der Waals surface area contributed by atoms with E-state index in [1.165, 1.54) is 6.07 Å². The fourth-order valence-corrected chi connectivity index (χ4v) is 6.02. The zero-order valence-electron chi connectivity index (χ0n) is 8.97. The van der Waals surface area contributed by atoms with Gasteiger partial charge in [0.1, 0.15) is 10.3 Å². The number of thiophene rings is 1. The maximum atomic E-state index is 12.3. The van der Waals surface area contributed by atoms with Gasteiger partial charge in [0.05, 0.1) is 8.81 Å². The van der Waals surface area contributed by atoms with Crippen molar-refractivity contribution in [3.8, 4) is 0 Å². The van der Waals surface area contributed by atoms with Gasteiger partial charge in [0.25, 0.3) is 10.0 Å². The standard InChI is InChI=1S/C9H9BrClNO4S2/c10-8-5(11)4-7(17-8)18(15,16)12-3-1-2-6(12)9(13)14/h4,6H,1-3H2,(H,13,14)/t6-/m1/s1. The van der Waals surface area contributed by atoms with E-state index in [9.17, 15) is 13.2 Å². The Balaban J connectivity index is 2.39. The highest BCUT2D eigenvalue weighted by atomic mass is 79.9. The van der Waals surface area contributed by atoms with Crippen molar-refractivity contribution >= 4 is 54.9 Å². The highest BCUT2D eigenvalue weighted by Crippen LogP contribution is 2.37. The van der Waals surface area contributed by atoms with E-state index in [1.807, 2.05) is 0 Å². The Bertz CT molecular complexity index is 566. The van der Waals surface area contributed by atoms with Crippen LogP contribution in [0.1, 0.15) is 12.8 Å². The van der Waals surface area contributed by atoms with E-state index in [2.05, 4.69) is 15.9 Å². The van der Waals surface area contributed by atoms with Crippen LogP contribution in [0.3, 0.4) is 0 Å². The molecule has 0 bridgehead atoms. The number of carboxylic acids is 1. The fraction of sp³-hybridized carbons (Fsp3) is 0.444. The molecule has 0 unspecified atom stereocenters. The van der Waals surface area contributed by atoms with Gasteiger partial charge in [0.2, 0.25) is 0 Å². The van der Waals surface area contributed by atoms with Crippen LogP contribution in [0.2, 0.25) is 5.02 Å². The zero-order valence-corrected chi connectivity index (χ0v) is 12.9. The van der Waals surface area contributed by atoms with E-state index in [4.69, 9.17) is 16.7 Å². The van der Waals surface area contributed by atoms with Crippen LogP contribution in [0, 0.1) is 0 Å². The summed E-state index contributed by atoms with van der Waals surface area (Å²) < 4.78 is 26.2. The van der Waals surface area contributed by atoms with Crippen molar-refractivity contribution in [2.45, 2.75) is 23.1 Å². The van der Waals surface area contributed by atoms with Gasteiger partial charge in [-0.3, -0.25) is 4.79 Å². The van der Waals surface area contributed by atoms with Crippen LogP contribution in [0.15, 0.2) is 14.1 Å². The highest BCUT2D eigenvalue weighted by Gasteiger charge is 2.40. The summed E-state index contributed by atoms with van der Waals surface area (Å²) >= 11 is 9.94. The van der Waals surface area contributed by atoms with Crippen LogP contribution in [-0.2, 0) is 14.8 Å². The maximum Gasteiger partial charge on any atom is 0.322 e. The van der Waals surface area contributed by atoms with Crippen LogP contribution in [0.25, 0.3) is 0 Å². The van der Waals surface area contributed by atoms with Gasteiger partial charge in [-0.2, -0.15) is 4.31 Å². The van der Waals surface area contributed by atoms with Crippen molar-refractivity contribution in [2.24, 2.45) is 0 Å². The zero-order chi connectivity index (χ0) is 13.5. The van der Waals surface area contributed by atoms with Crippen molar-refractivity contribution in [1.29, 1.82) is 0 Å². The molecule has 9 heteroatoms. The number of carbonyl (C=O) groups is 1. The van der Waals surface area contributed by atoms with Crippen molar-refractivity contribution in [3.05, 3.63) is 14.9 Å². The largest absolute Gasteiger partial charge is 0.480 e. The monoisotopic (exact) mass is 373 g/mol. The molecular weight excluding hydrogens is 366 g/mol. The molecule has 2 heterocycles. The lowest BCUT2D eigenvalue weighted by molar-refractivity contribution is -0.140. The lowest BCUT2D eigenvalue weighted by Gasteiger charge is -2.19. The second-order valence-electron chi connectivity index (χ2n) is 3.80. The van der Waals surface area contributed by atoms with Crippen molar-refractivity contribution in [1.82, 2.24) is 4.31 Å². The summed E-state index contributed by atoms with van der Waals surface area (Å²) in [4.78, 5) is 11.0. The Morgan fingerprint density at radius 2 is 2.28 bits per heavy atom. The average molecular weight is 375 g/mol. The molecule has 0 saturated carbocycles. The number of carboxylic acid groups (broad SMARTS) is 1. The molecule has 0 radical (unpaired) electrons. The second kappa shape index (κ2) is 5.09. The number of aliphatic carboxylic acids is 1. The first-order valence-electron chi connectivity index (χ1n) is 5.03. The summed E-state index contributed by atoms with van der Waals surface area (Å²) in [6.07, 6.45) is 0.894. The first-order valence-corrected chi connectivity index (χ1v) is 8.46. The molecule has 0 aromatic carbocycles. The topological polar surface area (TPSA) is 74.7 Å². The third kappa shape index (κ3) is 2.44. The summed E-state index contributed by atoms with van der Waals surface area (Å²) in [7, 11) is -3.78. The molecule has 0 spiro atoms. The molecule has 1 aliphatic heterocycles. The van der Waals surface area contributed by atoms with E-state index < -0.39 is 22.0 Å². The molecular formula is C9H9BrClNO4S2. The Kier molecular flexibility index (Phi) is 4.03.